The molecule has 1 saturated heterocycles. The molecule has 0 atom stereocenters. The molecule has 1 N–H and O–H groups in total. The van der Waals surface area contributed by atoms with Gasteiger partial charge in [0, 0.05) is 12.1 Å². The topological polar surface area (TPSA) is 119 Å². The number of nitro benzene ring substituents is 1. The van der Waals surface area contributed by atoms with E-state index in [1.807, 2.05) is 6.92 Å². The number of allylic oxidation sites excluding steroid dienone is 1. The Hall–Kier alpha value is -5.05. The standard InChI is InChI=1S/C28H23N3O6/c1-3-5-21-14-19(10-13-25(21)37-17-20-6-4-7-23(15-20)31(35)36)16-24-26(32)29-28(34)30(27(24)33)22-11-8-18(2)9-12-22/h3-4,6-16H,1,5,17H2,2H3,(H,29,32,34)/b24-16+. The Bertz CT molecular complexity index is 1440. The van der Waals surface area contributed by atoms with Crippen molar-refractivity contribution in [3.8, 4) is 5.75 Å². The van der Waals surface area contributed by atoms with Crippen LogP contribution in [0.4, 0.5) is 16.2 Å². The average molecular weight is 498 g/mol. The lowest BCUT2D eigenvalue weighted by molar-refractivity contribution is -0.384. The number of carbonyl (C=O) groups excluding carboxylic acids is 3. The predicted octanol–water partition coefficient (Wildman–Crippen LogP) is 4.88. The number of urea groups is 1. The highest BCUT2D eigenvalue weighted by Gasteiger charge is 2.36. The number of nitro groups is 1. The molecule has 0 saturated carbocycles. The van der Waals surface area contributed by atoms with Crippen molar-refractivity contribution in [2.45, 2.75) is 20.0 Å². The van der Waals surface area contributed by atoms with E-state index in [1.54, 1.807) is 60.7 Å². The molecule has 0 bridgehead atoms. The van der Waals surface area contributed by atoms with E-state index < -0.39 is 22.8 Å². The molecule has 1 aliphatic rings. The number of barbiturate groups is 1. The van der Waals surface area contributed by atoms with E-state index in [2.05, 4.69) is 11.9 Å². The third kappa shape index (κ3) is 5.62. The zero-order valence-corrected chi connectivity index (χ0v) is 20.0. The van der Waals surface area contributed by atoms with Crippen LogP contribution in [0.1, 0.15) is 22.3 Å². The summed E-state index contributed by atoms with van der Waals surface area (Å²) in [7, 11) is 0. The molecule has 37 heavy (non-hydrogen) atoms. The molecule has 1 fully saturated rings. The fraction of sp³-hybridized carbons (Fsp3) is 0.107. The summed E-state index contributed by atoms with van der Waals surface area (Å²) in [4.78, 5) is 49.6. The molecule has 186 valence electrons. The Morgan fingerprint density at radius 3 is 2.51 bits per heavy atom. The molecule has 0 spiro atoms. The van der Waals surface area contributed by atoms with Crippen LogP contribution in [0.2, 0.25) is 0 Å². The average Bonchev–Trinajstić information content (AvgIpc) is 2.87. The summed E-state index contributed by atoms with van der Waals surface area (Å²) in [6.07, 6.45) is 3.54. The minimum atomic E-state index is -0.812. The Morgan fingerprint density at radius 2 is 1.81 bits per heavy atom. The van der Waals surface area contributed by atoms with E-state index in [0.29, 0.717) is 29.0 Å². The smallest absolute Gasteiger partial charge is 0.335 e. The summed E-state index contributed by atoms with van der Waals surface area (Å²) in [5.74, 6) is -0.979. The van der Waals surface area contributed by atoms with Crippen LogP contribution in [-0.2, 0) is 22.6 Å². The third-order valence-electron chi connectivity index (χ3n) is 5.67. The van der Waals surface area contributed by atoms with Gasteiger partial charge in [-0.1, -0.05) is 42.0 Å². The molecular weight excluding hydrogens is 474 g/mol. The number of carbonyl (C=O) groups is 3. The van der Waals surface area contributed by atoms with Gasteiger partial charge in [0.25, 0.3) is 17.5 Å². The first-order valence-corrected chi connectivity index (χ1v) is 11.3. The van der Waals surface area contributed by atoms with Crippen molar-refractivity contribution in [2.75, 3.05) is 4.90 Å². The number of hydrogen-bond donors (Lipinski definition) is 1. The zero-order valence-electron chi connectivity index (χ0n) is 20.0. The third-order valence-corrected chi connectivity index (χ3v) is 5.67. The largest absolute Gasteiger partial charge is 0.489 e. The highest BCUT2D eigenvalue weighted by molar-refractivity contribution is 6.39. The van der Waals surface area contributed by atoms with E-state index >= 15 is 0 Å². The Kier molecular flexibility index (Phi) is 7.24. The molecule has 0 aromatic heterocycles. The van der Waals surface area contributed by atoms with Crippen LogP contribution >= 0.6 is 0 Å². The van der Waals surface area contributed by atoms with E-state index in [1.165, 1.54) is 18.2 Å². The summed E-state index contributed by atoms with van der Waals surface area (Å²) < 4.78 is 5.91. The summed E-state index contributed by atoms with van der Waals surface area (Å²) in [5.41, 5.74) is 3.03. The number of imide groups is 2. The fourth-order valence-corrected chi connectivity index (χ4v) is 3.82. The number of rotatable bonds is 8. The minimum Gasteiger partial charge on any atom is -0.489 e. The Morgan fingerprint density at radius 1 is 1.05 bits per heavy atom. The molecule has 9 nitrogen and oxygen atoms in total. The number of amides is 4. The molecule has 3 aromatic carbocycles. The Balaban J connectivity index is 1.60. The molecule has 9 heteroatoms. The Labute approximate surface area is 212 Å². The van der Waals surface area contributed by atoms with Crippen molar-refractivity contribution in [1.29, 1.82) is 0 Å². The van der Waals surface area contributed by atoms with Crippen LogP contribution in [0.3, 0.4) is 0 Å². The van der Waals surface area contributed by atoms with Gasteiger partial charge in [-0.15, -0.1) is 6.58 Å². The van der Waals surface area contributed by atoms with Crippen molar-refractivity contribution in [3.63, 3.8) is 0 Å². The number of nitrogens with zero attached hydrogens (tertiary/aromatic N) is 2. The SMILES string of the molecule is C=CCc1cc(/C=C2\C(=O)NC(=O)N(c3ccc(C)cc3)C2=O)ccc1OCc1cccc([N+](=O)[O-])c1. The van der Waals surface area contributed by atoms with Crippen LogP contribution in [0.25, 0.3) is 6.08 Å². The van der Waals surface area contributed by atoms with Crippen LogP contribution in [0.5, 0.6) is 5.75 Å². The van der Waals surface area contributed by atoms with Gasteiger partial charge in [0.1, 0.15) is 17.9 Å². The second-order valence-corrected chi connectivity index (χ2v) is 8.37. The first kappa shape index (κ1) is 25.1. The maximum atomic E-state index is 13.1. The van der Waals surface area contributed by atoms with E-state index in [4.69, 9.17) is 4.74 Å². The number of aryl methyl sites for hydroxylation is 1. The van der Waals surface area contributed by atoms with Gasteiger partial charge in [0.2, 0.25) is 0 Å². The van der Waals surface area contributed by atoms with Gasteiger partial charge < -0.3 is 4.74 Å². The van der Waals surface area contributed by atoms with Crippen LogP contribution in [-0.4, -0.2) is 22.8 Å². The number of nitrogens with one attached hydrogen (secondary N) is 1. The number of non-ortho nitro benzene ring substituents is 1. The zero-order chi connectivity index (χ0) is 26.5. The predicted molar refractivity (Wildman–Crippen MR) is 138 cm³/mol. The van der Waals surface area contributed by atoms with Crippen molar-refractivity contribution < 1.29 is 24.0 Å². The lowest BCUT2D eigenvalue weighted by atomic mass is 10.0. The molecule has 0 aliphatic carbocycles. The van der Waals surface area contributed by atoms with E-state index in [9.17, 15) is 24.5 Å². The maximum Gasteiger partial charge on any atom is 0.335 e. The lowest BCUT2D eigenvalue weighted by Crippen LogP contribution is -2.54. The number of ether oxygens (including phenoxy) is 1. The van der Waals surface area contributed by atoms with Crippen molar-refractivity contribution in [3.05, 3.63) is 117 Å². The number of hydrogen-bond acceptors (Lipinski definition) is 6. The van der Waals surface area contributed by atoms with Crippen LogP contribution in [0.15, 0.2) is 85.0 Å². The van der Waals surface area contributed by atoms with Gasteiger partial charge in [-0.2, -0.15) is 0 Å². The van der Waals surface area contributed by atoms with Gasteiger partial charge in [0.05, 0.1) is 10.6 Å². The quantitative estimate of drug-likeness (QED) is 0.156. The second kappa shape index (κ2) is 10.7. The molecule has 0 radical (unpaired) electrons. The highest BCUT2D eigenvalue weighted by Crippen LogP contribution is 2.26. The monoisotopic (exact) mass is 497 g/mol. The summed E-state index contributed by atoms with van der Waals surface area (Å²) in [6.45, 7) is 5.76. The van der Waals surface area contributed by atoms with Crippen molar-refractivity contribution in [1.82, 2.24) is 5.32 Å². The molecule has 3 aromatic rings. The first-order chi connectivity index (χ1) is 17.8. The first-order valence-electron chi connectivity index (χ1n) is 11.3. The molecule has 1 heterocycles. The van der Waals surface area contributed by atoms with Crippen LogP contribution < -0.4 is 15.0 Å². The molecule has 4 amide bonds. The normalized spacial score (nSPS) is 14.5. The van der Waals surface area contributed by atoms with Gasteiger partial charge in [-0.05, 0) is 60.4 Å². The fourth-order valence-electron chi connectivity index (χ4n) is 3.82. The van der Waals surface area contributed by atoms with E-state index in [-0.39, 0.29) is 17.9 Å². The van der Waals surface area contributed by atoms with E-state index in [0.717, 1.165) is 16.0 Å². The number of benzene rings is 3. The molecule has 4 rings (SSSR count). The van der Waals surface area contributed by atoms with Crippen molar-refractivity contribution in [2.24, 2.45) is 0 Å². The lowest BCUT2D eigenvalue weighted by Gasteiger charge is -2.26. The van der Waals surface area contributed by atoms with Gasteiger partial charge in [-0.25, -0.2) is 9.69 Å². The molecular formula is C28H23N3O6. The maximum absolute atomic E-state index is 13.1. The van der Waals surface area contributed by atoms with Crippen molar-refractivity contribution >= 4 is 35.3 Å². The number of anilines is 1. The highest BCUT2D eigenvalue weighted by atomic mass is 16.6. The summed E-state index contributed by atoms with van der Waals surface area (Å²) in [5, 5.41) is 13.2. The van der Waals surface area contributed by atoms with Gasteiger partial charge >= 0.3 is 6.03 Å². The minimum absolute atomic E-state index is 0.0250. The van der Waals surface area contributed by atoms with Crippen LogP contribution in [0, 0.1) is 17.0 Å². The summed E-state index contributed by atoms with van der Waals surface area (Å²) >= 11 is 0. The van der Waals surface area contributed by atoms with Gasteiger partial charge in [-0.3, -0.25) is 25.0 Å². The molecule has 1 aliphatic heterocycles. The molecule has 0 unspecified atom stereocenters. The second-order valence-electron chi connectivity index (χ2n) is 8.37. The summed E-state index contributed by atoms with van der Waals surface area (Å²) in [6, 6.07) is 17.3. The van der Waals surface area contributed by atoms with Gasteiger partial charge in [0.15, 0.2) is 0 Å².